The van der Waals surface area contributed by atoms with Gasteiger partial charge in [-0.05, 0) is 62.8 Å². The van der Waals surface area contributed by atoms with Crippen LogP contribution in [-0.2, 0) is 16.0 Å². The first-order valence-electron chi connectivity index (χ1n) is 10.3. The summed E-state index contributed by atoms with van der Waals surface area (Å²) in [5.74, 6) is -2.44. The van der Waals surface area contributed by atoms with Gasteiger partial charge in [0.15, 0.2) is 0 Å². The summed E-state index contributed by atoms with van der Waals surface area (Å²) in [6.07, 6.45) is 7.31. The predicted octanol–water partition coefficient (Wildman–Crippen LogP) is -0.773. The van der Waals surface area contributed by atoms with Gasteiger partial charge in [-0.1, -0.05) is 42.5 Å². The number of rotatable bonds is 11. The molecule has 1 saturated carbocycles. The van der Waals surface area contributed by atoms with E-state index in [1.165, 1.54) is 11.6 Å². The quantitative estimate of drug-likeness (QED) is 0.243. The summed E-state index contributed by atoms with van der Waals surface area (Å²) in [6.45, 7) is 0. The minimum Gasteiger partial charge on any atom is -0.550 e. The van der Waals surface area contributed by atoms with E-state index in [1.54, 1.807) is 6.08 Å². The first-order valence-corrected chi connectivity index (χ1v) is 10.3. The summed E-state index contributed by atoms with van der Waals surface area (Å²) in [6, 6.07) is 9.97. The van der Waals surface area contributed by atoms with Gasteiger partial charge in [-0.3, -0.25) is 4.79 Å². The van der Waals surface area contributed by atoms with Gasteiger partial charge in [0.1, 0.15) is 0 Å². The molecule has 0 aromatic heterocycles. The van der Waals surface area contributed by atoms with Gasteiger partial charge in [0.2, 0.25) is 0 Å². The molecule has 6 nitrogen and oxygen atoms in total. The number of aryl methyl sites for hydroxylation is 1. The fourth-order valence-electron chi connectivity index (χ4n) is 4.19. The number of aliphatic hydroxyl groups is 2. The first kappa shape index (κ1) is 26.9. The van der Waals surface area contributed by atoms with Gasteiger partial charge in [-0.25, -0.2) is 0 Å². The van der Waals surface area contributed by atoms with Crippen molar-refractivity contribution in [3.05, 3.63) is 48.0 Å². The molecule has 0 spiro atoms. The van der Waals surface area contributed by atoms with Crippen molar-refractivity contribution in [2.45, 2.75) is 75.4 Å². The number of carbonyl (C=O) groups excluding carboxylic acids is 1. The van der Waals surface area contributed by atoms with Crippen molar-refractivity contribution in [1.82, 2.24) is 0 Å². The van der Waals surface area contributed by atoms with Crippen LogP contribution >= 0.6 is 0 Å². The smallest absolute Gasteiger partial charge is 0.550 e. The molecule has 7 heteroatoms. The van der Waals surface area contributed by atoms with Crippen LogP contribution in [0, 0.1) is 5.92 Å². The zero-order chi connectivity index (χ0) is 21.3. The van der Waals surface area contributed by atoms with E-state index in [9.17, 15) is 24.9 Å². The maximum absolute atomic E-state index is 11.1. The van der Waals surface area contributed by atoms with Crippen molar-refractivity contribution in [2.75, 3.05) is 0 Å². The topological polar surface area (TPSA) is 118 Å². The molecule has 3 atom stereocenters. The van der Waals surface area contributed by atoms with E-state index in [0.29, 0.717) is 32.1 Å². The predicted molar refractivity (Wildman–Crippen MR) is 107 cm³/mol. The zero-order valence-electron chi connectivity index (χ0n) is 17.8. The molecule has 30 heavy (non-hydrogen) atoms. The number of allylic oxidation sites excluding steroid dienone is 1. The van der Waals surface area contributed by atoms with Gasteiger partial charge in [0.25, 0.3) is 0 Å². The van der Waals surface area contributed by atoms with Crippen molar-refractivity contribution in [1.29, 1.82) is 0 Å². The number of carboxylic acids is 2. The molecule has 0 amide bonds. The number of carboxylic acid groups (broad SMARTS) is 2. The van der Waals surface area contributed by atoms with Crippen LogP contribution in [0.5, 0.6) is 0 Å². The Balaban J connectivity index is 0.00000450. The summed E-state index contributed by atoms with van der Waals surface area (Å²) in [5.41, 5.74) is -1.55. The Morgan fingerprint density at radius 1 is 1.23 bits per heavy atom. The molecule has 1 aliphatic rings. The molecule has 0 radical (unpaired) electrons. The third-order valence-electron chi connectivity index (χ3n) is 5.64. The number of unbranched alkanes of at least 4 members (excludes halogenated alkanes) is 1. The van der Waals surface area contributed by atoms with Gasteiger partial charge >= 0.3 is 35.5 Å². The SMILES string of the molecule is O=C([O-])CC(O)(/C=C/[C@H]1CCC[C@@](O)(CC(=O)O)C1)CCCCc1ccccc1.[Na+]. The van der Waals surface area contributed by atoms with Crippen molar-refractivity contribution < 1.29 is 59.6 Å². The van der Waals surface area contributed by atoms with Crippen LogP contribution in [0.15, 0.2) is 42.5 Å². The molecule has 2 rings (SSSR count). The number of carbonyl (C=O) groups is 2. The molecule has 1 aromatic carbocycles. The van der Waals surface area contributed by atoms with E-state index in [-0.39, 0.29) is 41.9 Å². The fraction of sp³-hybridized carbons (Fsp3) is 0.565. The number of aliphatic carboxylic acids is 2. The Morgan fingerprint density at radius 3 is 2.57 bits per heavy atom. The first-order chi connectivity index (χ1) is 13.7. The van der Waals surface area contributed by atoms with E-state index >= 15 is 0 Å². The van der Waals surface area contributed by atoms with E-state index in [2.05, 4.69) is 0 Å². The molecular formula is C23H31NaO6. The Kier molecular flexibility index (Phi) is 11.3. The van der Waals surface area contributed by atoms with Crippen LogP contribution in [0.25, 0.3) is 0 Å². The monoisotopic (exact) mass is 426 g/mol. The number of benzene rings is 1. The van der Waals surface area contributed by atoms with Crippen molar-refractivity contribution in [3.8, 4) is 0 Å². The number of hydrogen-bond acceptors (Lipinski definition) is 5. The van der Waals surface area contributed by atoms with Crippen molar-refractivity contribution in [2.24, 2.45) is 5.92 Å². The third-order valence-corrected chi connectivity index (χ3v) is 5.64. The van der Waals surface area contributed by atoms with Gasteiger partial charge in [-0.15, -0.1) is 0 Å². The molecule has 160 valence electrons. The molecule has 0 bridgehead atoms. The molecule has 0 heterocycles. The van der Waals surface area contributed by atoms with Gasteiger partial charge in [0.05, 0.1) is 17.6 Å². The molecule has 1 unspecified atom stereocenters. The standard InChI is InChI=1S/C23H32O6.Na/c24-20(25)16-22(28,12-5-4-9-18-7-2-1-3-8-18)14-11-19-10-6-13-23(29,15-19)17-21(26)27;/h1-3,7-8,11,14,19,28-29H,4-6,9-10,12-13,15-17H2,(H,24,25)(H,26,27);/q;+1/p-1/b14-11+;/t19-,22?,23+;/m1./s1. The van der Waals surface area contributed by atoms with E-state index in [4.69, 9.17) is 5.11 Å². The molecule has 0 saturated heterocycles. The average Bonchev–Trinajstić information content (AvgIpc) is 2.63. The van der Waals surface area contributed by atoms with Crippen LogP contribution in [0.2, 0.25) is 0 Å². The second-order valence-corrected chi connectivity index (χ2v) is 8.36. The summed E-state index contributed by atoms with van der Waals surface area (Å²) in [7, 11) is 0. The summed E-state index contributed by atoms with van der Waals surface area (Å²) >= 11 is 0. The van der Waals surface area contributed by atoms with E-state index in [1.807, 2.05) is 30.3 Å². The molecule has 1 aromatic rings. The van der Waals surface area contributed by atoms with Crippen LogP contribution < -0.4 is 34.7 Å². The maximum atomic E-state index is 11.1. The van der Waals surface area contributed by atoms with E-state index in [0.717, 1.165) is 19.3 Å². The Bertz CT molecular complexity index is 707. The van der Waals surface area contributed by atoms with Crippen molar-refractivity contribution in [3.63, 3.8) is 0 Å². The average molecular weight is 426 g/mol. The second kappa shape index (κ2) is 12.6. The van der Waals surface area contributed by atoms with Gasteiger partial charge < -0.3 is 25.2 Å². The minimum absolute atomic E-state index is 0. The van der Waals surface area contributed by atoms with Crippen LogP contribution in [0.4, 0.5) is 0 Å². The minimum atomic E-state index is -1.50. The summed E-state index contributed by atoms with van der Waals surface area (Å²) in [4.78, 5) is 22.1. The third kappa shape index (κ3) is 9.75. The fourth-order valence-corrected chi connectivity index (χ4v) is 4.19. The maximum Gasteiger partial charge on any atom is 1.00 e. The normalized spacial score (nSPS) is 23.5. The van der Waals surface area contributed by atoms with Gasteiger partial charge in [-0.2, -0.15) is 0 Å². The molecule has 1 aliphatic carbocycles. The Hall–Kier alpha value is -1.18. The van der Waals surface area contributed by atoms with Crippen LogP contribution in [0.3, 0.4) is 0 Å². The molecule has 0 aliphatic heterocycles. The summed E-state index contributed by atoms with van der Waals surface area (Å²) < 4.78 is 0. The summed E-state index contributed by atoms with van der Waals surface area (Å²) in [5, 5.41) is 41.4. The van der Waals surface area contributed by atoms with Crippen LogP contribution in [-0.4, -0.2) is 38.5 Å². The Morgan fingerprint density at radius 2 is 1.93 bits per heavy atom. The van der Waals surface area contributed by atoms with Crippen LogP contribution in [0.1, 0.15) is 63.4 Å². The largest absolute Gasteiger partial charge is 1.00 e. The molecule has 3 N–H and O–H groups in total. The second-order valence-electron chi connectivity index (χ2n) is 8.36. The van der Waals surface area contributed by atoms with Gasteiger partial charge in [0, 0.05) is 12.4 Å². The Labute approximate surface area is 200 Å². The molecule has 1 fully saturated rings. The van der Waals surface area contributed by atoms with Crippen molar-refractivity contribution >= 4 is 11.9 Å². The zero-order valence-corrected chi connectivity index (χ0v) is 19.8. The number of hydrogen-bond donors (Lipinski definition) is 3. The molecular weight excluding hydrogens is 395 g/mol. The van der Waals surface area contributed by atoms with E-state index < -0.39 is 29.6 Å².